The molecule has 1 atom stereocenters. The van der Waals surface area contributed by atoms with E-state index in [0.717, 1.165) is 0 Å². The molecule has 17 heavy (non-hydrogen) atoms. The highest BCUT2D eigenvalue weighted by atomic mass is 32.2. The first kappa shape index (κ1) is 12.2. The van der Waals surface area contributed by atoms with Crippen LogP contribution in [0.15, 0.2) is 16.7 Å². The smallest absolute Gasteiger partial charge is 0.341 e. The number of ether oxygens (including phenoxy) is 1. The SMILES string of the molecule is Cc1occc1C(=O)O[C@H]1CCCS(=O)(=O)C1. The van der Waals surface area contributed by atoms with Crippen LogP contribution >= 0.6 is 0 Å². The molecule has 0 N–H and O–H groups in total. The van der Waals surface area contributed by atoms with Crippen LogP contribution in [0.5, 0.6) is 0 Å². The fraction of sp³-hybridized carbons (Fsp3) is 0.545. The lowest BCUT2D eigenvalue weighted by Crippen LogP contribution is -2.33. The molecule has 5 nitrogen and oxygen atoms in total. The Morgan fingerprint density at radius 1 is 1.53 bits per heavy atom. The molecule has 1 fully saturated rings. The third kappa shape index (κ3) is 2.88. The average Bonchev–Trinajstić information content (AvgIpc) is 2.62. The van der Waals surface area contributed by atoms with Gasteiger partial charge < -0.3 is 9.15 Å². The lowest BCUT2D eigenvalue weighted by Gasteiger charge is -2.21. The van der Waals surface area contributed by atoms with Gasteiger partial charge in [0.15, 0.2) is 9.84 Å². The first-order valence-electron chi connectivity index (χ1n) is 5.43. The van der Waals surface area contributed by atoms with Gasteiger partial charge >= 0.3 is 5.97 Å². The number of aryl methyl sites for hydroxylation is 1. The summed E-state index contributed by atoms with van der Waals surface area (Å²) in [6.45, 7) is 1.66. The molecule has 0 saturated carbocycles. The van der Waals surface area contributed by atoms with Crippen LogP contribution in [0.3, 0.4) is 0 Å². The van der Waals surface area contributed by atoms with Crippen molar-refractivity contribution >= 4 is 15.8 Å². The second-order valence-corrected chi connectivity index (χ2v) is 6.40. The number of rotatable bonds is 2. The van der Waals surface area contributed by atoms with Crippen molar-refractivity contribution in [1.29, 1.82) is 0 Å². The summed E-state index contributed by atoms with van der Waals surface area (Å²) in [6, 6.07) is 1.52. The molecule has 0 aromatic carbocycles. The Kier molecular flexibility index (Phi) is 3.24. The van der Waals surface area contributed by atoms with Gasteiger partial charge in [-0.15, -0.1) is 0 Å². The fourth-order valence-electron chi connectivity index (χ4n) is 1.89. The molecule has 0 spiro atoms. The van der Waals surface area contributed by atoms with Crippen molar-refractivity contribution in [2.75, 3.05) is 11.5 Å². The van der Waals surface area contributed by atoms with E-state index in [4.69, 9.17) is 9.15 Å². The van der Waals surface area contributed by atoms with Gasteiger partial charge in [0, 0.05) is 0 Å². The van der Waals surface area contributed by atoms with Gasteiger partial charge in [0.2, 0.25) is 0 Å². The van der Waals surface area contributed by atoms with Crippen LogP contribution in [-0.2, 0) is 14.6 Å². The summed E-state index contributed by atoms with van der Waals surface area (Å²) >= 11 is 0. The van der Waals surface area contributed by atoms with E-state index < -0.39 is 21.9 Å². The monoisotopic (exact) mass is 258 g/mol. The van der Waals surface area contributed by atoms with Crippen LogP contribution in [0.4, 0.5) is 0 Å². The topological polar surface area (TPSA) is 73.6 Å². The number of hydrogen-bond acceptors (Lipinski definition) is 5. The zero-order valence-corrected chi connectivity index (χ0v) is 10.3. The first-order valence-corrected chi connectivity index (χ1v) is 7.25. The Bertz CT molecular complexity index is 514. The molecule has 0 unspecified atom stereocenters. The van der Waals surface area contributed by atoms with Crippen LogP contribution in [0.25, 0.3) is 0 Å². The molecule has 94 valence electrons. The maximum absolute atomic E-state index is 11.7. The molecule has 1 aromatic heterocycles. The lowest BCUT2D eigenvalue weighted by atomic mass is 10.2. The quantitative estimate of drug-likeness (QED) is 0.748. The highest BCUT2D eigenvalue weighted by molar-refractivity contribution is 7.91. The van der Waals surface area contributed by atoms with Gasteiger partial charge in [-0.2, -0.15) is 0 Å². The summed E-state index contributed by atoms with van der Waals surface area (Å²) in [5.41, 5.74) is 0.355. The van der Waals surface area contributed by atoms with Crippen molar-refractivity contribution < 1.29 is 22.4 Å². The highest BCUT2D eigenvalue weighted by Crippen LogP contribution is 2.18. The van der Waals surface area contributed by atoms with Crippen LogP contribution in [0.2, 0.25) is 0 Å². The van der Waals surface area contributed by atoms with E-state index in [9.17, 15) is 13.2 Å². The molecule has 1 aromatic rings. The minimum Gasteiger partial charge on any atom is -0.469 e. The Balaban J connectivity index is 2.02. The fourth-order valence-corrected chi connectivity index (χ4v) is 3.46. The summed E-state index contributed by atoms with van der Waals surface area (Å²) in [4.78, 5) is 11.7. The minimum atomic E-state index is -3.06. The number of sulfone groups is 1. The molecule has 6 heteroatoms. The maximum atomic E-state index is 11.7. The van der Waals surface area contributed by atoms with Crippen molar-refractivity contribution in [3.63, 3.8) is 0 Å². The standard InChI is InChI=1S/C11H14O5S/c1-8-10(4-5-15-8)11(12)16-9-3-2-6-17(13,14)7-9/h4-5,9H,2-3,6-7H2,1H3/t9-/m0/s1. The molecule has 1 saturated heterocycles. The van der Waals surface area contributed by atoms with Crippen molar-refractivity contribution in [1.82, 2.24) is 0 Å². The minimum absolute atomic E-state index is 0.0738. The summed E-state index contributed by atoms with van der Waals surface area (Å²) in [5, 5.41) is 0. The van der Waals surface area contributed by atoms with E-state index in [-0.39, 0.29) is 11.5 Å². The Morgan fingerprint density at radius 2 is 2.29 bits per heavy atom. The van der Waals surface area contributed by atoms with Gasteiger partial charge in [0.1, 0.15) is 17.4 Å². The molecule has 1 aliphatic heterocycles. The van der Waals surface area contributed by atoms with Gasteiger partial charge in [0.05, 0.1) is 17.8 Å². The first-order chi connectivity index (χ1) is 7.98. The van der Waals surface area contributed by atoms with E-state index in [1.807, 2.05) is 0 Å². The number of hydrogen-bond donors (Lipinski definition) is 0. The van der Waals surface area contributed by atoms with Crippen molar-refractivity contribution in [3.8, 4) is 0 Å². The molecular formula is C11H14O5S. The van der Waals surface area contributed by atoms with Crippen molar-refractivity contribution in [2.45, 2.75) is 25.9 Å². The third-order valence-electron chi connectivity index (χ3n) is 2.77. The van der Waals surface area contributed by atoms with E-state index in [2.05, 4.69) is 0 Å². The molecular weight excluding hydrogens is 244 g/mol. The van der Waals surface area contributed by atoms with E-state index in [1.165, 1.54) is 12.3 Å². The van der Waals surface area contributed by atoms with E-state index >= 15 is 0 Å². The maximum Gasteiger partial charge on any atom is 0.341 e. The average molecular weight is 258 g/mol. The molecule has 2 rings (SSSR count). The van der Waals surface area contributed by atoms with Crippen LogP contribution < -0.4 is 0 Å². The molecule has 2 heterocycles. The van der Waals surface area contributed by atoms with Gasteiger partial charge in [-0.3, -0.25) is 0 Å². The predicted octanol–water partition coefficient (Wildman–Crippen LogP) is 1.32. The van der Waals surface area contributed by atoms with Gasteiger partial charge in [-0.05, 0) is 25.8 Å². The van der Waals surface area contributed by atoms with Crippen molar-refractivity contribution in [2.24, 2.45) is 0 Å². The molecule has 0 aliphatic carbocycles. The predicted molar refractivity (Wildman–Crippen MR) is 60.5 cm³/mol. The van der Waals surface area contributed by atoms with Crippen LogP contribution in [-0.4, -0.2) is 32.0 Å². The van der Waals surface area contributed by atoms with Gasteiger partial charge in [-0.1, -0.05) is 0 Å². The second-order valence-electron chi connectivity index (χ2n) is 4.17. The van der Waals surface area contributed by atoms with Gasteiger partial charge in [-0.25, -0.2) is 13.2 Å². The molecule has 0 amide bonds. The summed E-state index contributed by atoms with van der Waals surface area (Å²) in [6.07, 6.45) is 2.02. The summed E-state index contributed by atoms with van der Waals surface area (Å²) in [5.74, 6) is 0.0774. The summed E-state index contributed by atoms with van der Waals surface area (Å²) < 4.78 is 32.9. The largest absolute Gasteiger partial charge is 0.469 e. The Morgan fingerprint density at radius 3 is 2.88 bits per heavy atom. The Labute approximate surface area is 99.7 Å². The molecule has 0 radical (unpaired) electrons. The third-order valence-corrected chi connectivity index (χ3v) is 4.56. The number of esters is 1. The zero-order valence-electron chi connectivity index (χ0n) is 9.51. The van der Waals surface area contributed by atoms with Crippen LogP contribution in [0, 0.1) is 6.92 Å². The van der Waals surface area contributed by atoms with E-state index in [0.29, 0.717) is 24.2 Å². The van der Waals surface area contributed by atoms with Crippen LogP contribution in [0.1, 0.15) is 29.0 Å². The normalized spacial score (nSPS) is 23.2. The number of carbonyl (C=O) groups excluding carboxylic acids is 1. The summed E-state index contributed by atoms with van der Waals surface area (Å²) in [7, 11) is -3.06. The van der Waals surface area contributed by atoms with Gasteiger partial charge in [0.25, 0.3) is 0 Å². The second kappa shape index (κ2) is 4.52. The molecule has 1 aliphatic rings. The number of furan rings is 1. The highest BCUT2D eigenvalue weighted by Gasteiger charge is 2.28. The van der Waals surface area contributed by atoms with Crippen molar-refractivity contribution in [3.05, 3.63) is 23.7 Å². The Hall–Kier alpha value is -1.30. The number of carbonyl (C=O) groups is 1. The lowest BCUT2D eigenvalue weighted by molar-refractivity contribution is 0.0321. The van der Waals surface area contributed by atoms with E-state index in [1.54, 1.807) is 6.92 Å². The molecule has 0 bridgehead atoms. The zero-order chi connectivity index (χ0) is 12.5.